The number of ketones is 1. The van der Waals surface area contributed by atoms with Crippen LogP contribution in [0.5, 0.6) is 5.75 Å². The van der Waals surface area contributed by atoms with E-state index in [1.54, 1.807) is 18.2 Å². The van der Waals surface area contributed by atoms with E-state index in [9.17, 15) is 4.79 Å². The maximum atomic E-state index is 11.7. The van der Waals surface area contributed by atoms with E-state index in [0.29, 0.717) is 35.2 Å². The summed E-state index contributed by atoms with van der Waals surface area (Å²) in [5, 5.41) is 3.00. The molecule has 0 aliphatic heterocycles. The predicted molar refractivity (Wildman–Crippen MR) is 79.8 cm³/mol. The molecule has 0 unspecified atom stereocenters. The highest BCUT2D eigenvalue weighted by Crippen LogP contribution is 2.27. The van der Waals surface area contributed by atoms with Crippen molar-refractivity contribution >= 4 is 40.3 Å². The van der Waals surface area contributed by atoms with Crippen LogP contribution in [0.2, 0.25) is 10.0 Å². The average Bonchev–Trinajstić information content (AvgIpc) is 2.92. The van der Waals surface area contributed by atoms with Gasteiger partial charge in [0.15, 0.2) is 5.78 Å². The minimum Gasteiger partial charge on any atom is -0.492 e. The molecule has 1 heterocycles. The minimum atomic E-state index is 0.149. The summed E-state index contributed by atoms with van der Waals surface area (Å²) in [4.78, 5) is 12.5. The summed E-state index contributed by atoms with van der Waals surface area (Å²) in [6.45, 7) is 0.442. The number of ether oxygens (including phenoxy) is 1. The van der Waals surface area contributed by atoms with E-state index in [2.05, 4.69) is 0 Å². The van der Waals surface area contributed by atoms with Crippen LogP contribution in [-0.2, 0) is 0 Å². The summed E-state index contributed by atoms with van der Waals surface area (Å²) in [5.74, 6) is 0.702. The number of benzene rings is 1. The third-order valence-corrected chi connectivity index (χ3v) is 3.95. The molecule has 0 radical (unpaired) electrons. The van der Waals surface area contributed by atoms with Crippen LogP contribution in [0, 0.1) is 0 Å². The van der Waals surface area contributed by atoms with E-state index in [4.69, 9.17) is 27.9 Å². The first-order valence-corrected chi connectivity index (χ1v) is 7.45. The maximum Gasteiger partial charge on any atom is 0.172 e. The first-order chi connectivity index (χ1) is 9.16. The third kappa shape index (κ3) is 4.23. The number of carbonyl (C=O) groups excluding carboxylic acids is 1. The van der Waals surface area contributed by atoms with Crippen LogP contribution < -0.4 is 4.74 Å². The van der Waals surface area contributed by atoms with E-state index >= 15 is 0 Å². The summed E-state index contributed by atoms with van der Waals surface area (Å²) in [7, 11) is 0. The number of thiophene rings is 1. The van der Waals surface area contributed by atoms with Crippen molar-refractivity contribution in [2.24, 2.45) is 0 Å². The van der Waals surface area contributed by atoms with Crippen molar-refractivity contribution < 1.29 is 9.53 Å². The minimum absolute atomic E-state index is 0.149. The van der Waals surface area contributed by atoms with Crippen LogP contribution in [0.15, 0.2) is 35.7 Å². The first-order valence-electron chi connectivity index (χ1n) is 5.81. The summed E-state index contributed by atoms with van der Waals surface area (Å²) in [6, 6.07) is 8.78. The molecule has 2 nitrogen and oxygen atoms in total. The highest BCUT2D eigenvalue weighted by atomic mass is 35.5. The maximum absolute atomic E-state index is 11.7. The Balaban J connectivity index is 1.78. The molecule has 0 fully saturated rings. The van der Waals surface area contributed by atoms with Gasteiger partial charge in [-0.3, -0.25) is 4.79 Å². The van der Waals surface area contributed by atoms with E-state index in [1.165, 1.54) is 11.3 Å². The second-order valence-electron chi connectivity index (χ2n) is 3.93. The normalized spacial score (nSPS) is 10.4. The predicted octanol–water partition coefficient (Wildman–Crippen LogP) is 5.10. The lowest BCUT2D eigenvalue weighted by Crippen LogP contribution is -2.02. The number of halogens is 2. The van der Waals surface area contributed by atoms with Crippen molar-refractivity contribution in [3.63, 3.8) is 0 Å². The van der Waals surface area contributed by atoms with Crippen molar-refractivity contribution in [2.45, 2.75) is 12.8 Å². The Kier molecular flexibility index (Phi) is 5.25. The van der Waals surface area contributed by atoms with Gasteiger partial charge in [0.1, 0.15) is 5.75 Å². The zero-order valence-electron chi connectivity index (χ0n) is 10.1. The Hall–Kier alpha value is -1.03. The van der Waals surface area contributed by atoms with Crippen molar-refractivity contribution in [3.05, 3.63) is 50.6 Å². The Morgan fingerprint density at radius 1 is 1.26 bits per heavy atom. The van der Waals surface area contributed by atoms with E-state index in [1.807, 2.05) is 17.5 Å². The van der Waals surface area contributed by atoms with Gasteiger partial charge in [-0.05, 0) is 30.0 Å². The third-order valence-electron chi connectivity index (χ3n) is 2.49. The van der Waals surface area contributed by atoms with Crippen molar-refractivity contribution in [1.29, 1.82) is 0 Å². The van der Waals surface area contributed by atoms with Crippen LogP contribution in [0.25, 0.3) is 0 Å². The second kappa shape index (κ2) is 6.94. The molecule has 0 amide bonds. The highest BCUT2D eigenvalue weighted by Gasteiger charge is 2.07. The molecule has 0 atom stereocenters. The molecular formula is C14H12Cl2O2S. The fourth-order valence-corrected chi connectivity index (χ4v) is 2.59. The van der Waals surface area contributed by atoms with Gasteiger partial charge in [0.2, 0.25) is 0 Å². The lowest BCUT2D eigenvalue weighted by molar-refractivity contribution is 0.0977. The van der Waals surface area contributed by atoms with Gasteiger partial charge in [0.25, 0.3) is 0 Å². The number of hydrogen-bond acceptors (Lipinski definition) is 3. The van der Waals surface area contributed by atoms with Crippen LogP contribution in [0.4, 0.5) is 0 Å². The first kappa shape index (κ1) is 14.4. The van der Waals surface area contributed by atoms with Gasteiger partial charge < -0.3 is 4.74 Å². The Morgan fingerprint density at radius 3 is 2.84 bits per heavy atom. The Bertz CT molecular complexity index is 553. The standard InChI is InChI=1S/C14H12Cl2O2S/c15-10-5-6-11(16)13(9-10)18-7-1-3-12(17)14-4-2-8-19-14/h2,4-6,8-9H,1,3,7H2. The molecule has 0 saturated carbocycles. The van der Waals surface area contributed by atoms with Gasteiger partial charge in [-0.1, -0.05) is 29.3 Å². The summed E-state index contributed by atoms with van der Waals surface area (Å²) >= 11 is 13.3. The van der Waals surface area contributed by atoms with E-state index < -0.39 is 0 Å². The Morgan fingerprint density at radius 2 is 2.11 bits per heavy atom. The molecule has 19 heavy (non-hydrogen) atoms. The molecule has 2 rings (SSSR count). The molecular weight excluding hydrogens is 303 g/mol. The number of Topliss-reactive ketones (excluding diaryl/α,β-unsaturated/α-hetero) is 1. The van der Waals surface area contributed by atoms with Gasteiger partial charge in [-0.15, -0.1) is 11.3 Å². The molecule has 5 heteroatoms. The molecule has 0 spiro atoms. The van der Waals surface area contributed by atoms with Crippen molar-refractivity contribution in [3.8, 4) is 5.75 Å². The summed E-state index contributed by atoms with van der Waals surface area (Å²) in [6.07, 6.45) is 1.12. The summed E-state index contributed by atoms with van der Waals surface area (Å²) < 4.78 is 5.52. The molecule has 0 aliphatic rings. The van der Waals surface area contributed by atoms with Crippen LogP contribution in [0.3, 0.4) is 0 Å². The van der Waals surface area contributed by atoms with Crippen LogP contribution in [0.1, 0.15) is 22.5 Å². The molecule has 1 aromatic carbocycles. The van der Waals surface area contributed by atoms with E-state index in [-0.39, 0.29) is 5.78 Å². The lowest BCUT2D eigenvalue weighted by Gasteiger charge is -2.07. The number of hydrogen-bond donors (Lipinski definition) is 0. The second-order valence-corrected chi connectivity index (χ2v) is 5.72. The van der Waals surface area contributed by atoms with Crippen LogP contribution >= 0.6 is 34.5 Å². The van der Waals surface area contributed by atoms with Gasteiger partial charge in [-0.25, -0.2) is 0 Å². The summed E-state index contributed by atoms with van der Waals surface area (Å²) in [5.41, 5.74) is 0. The largest absolute Gasteiger partial charge is 0.492 e. The monoisotopic (exact) mass is 314 g/mol. The van der Waals surface area contributed by atoms with Gasteiger partial charge in [0, 0.05) is 17.5 Å². The molecule has 0 aliphatic carbocycles. The Labute approximate surface area is 125 Å². The average molecular weight is 315 g/mol. The zero-order valence-corrected chi connectivity index (χ0v) is 12.4. The topological polar surface area (TPSA) is 26.3 Å². The SMILES string of the molecule is O=C(CCCOc1cc(Cl)ccc1Cl)c1cccs1. The zero-order chi connectivity index (χ0) is 13.7. The molecule has 0 N–H and O–H groups in total. The quantitative estimate of drug-likeness (QED) is 0.548. The highest BCUT2D eigenvalue weighted by molar-refractivity contribution is 7.12. The fourth-order valence-electron chi connectivity index (χ4n) is 1.56. The smallest absolute Gasteiger partial charge is 0.172 e. The molecule has 100 valence electrons. The van der Waals surface area contributed by atoms with E-state index in [0.717, 1.165) is 4.88 Å². The number of carbonyl (C=O) groups is 1. The lowest BCUT2D eigenvalue weighted by atomic mass is 10.2. The van der Waals surface area contributed by atoms with Gasteiger partial charge in [0.05, 0.1) is 16.5 Å². The molecule has 2 aromatic rings. The molecule has 0 bridgehead atoms. The molecule has 1 aromatic heterocycles. The van der Waals surface area contributed by atoms with Gasteiger partial charge in [-0.2, -0.15) is 0 Å². The number of rotatable bonds is 6. The van der Waals surface area contributed by atoms with Gasteiger partial charge >= 0.3 is 0 Å². The van der Waals surface area contributed by atoms with Crippen molar-refractivity contribution in [2.75, 3.05) is 6.61 Å². The molecule has 0 saturated heterocycles. The van der Waals surface area contributed by atoms with Crippen molar-refractivity contribution in [1.82, 2.24) is 0 Å². The fraction of sp³-hybridized carbons (Fsp3) is 0.214. The van der Waals surface area contributed by atoms with Crippen LogP contribution in [-0.4, -0.2) is 12.4 Å².